The van der Waals surface area contributed by atoms with Gasteiger partial charge in [-0.1, -0.05) is 30.3 Å². The smallest absolute Gasteiger partial charge is 0.116 e. The van der Waals surface area contributed by atoms with E-state index in [0.29, 0.717) is 5.75 Å². The molecule has 0 fully saturated rings. The third kappa shape index (κ3) is 1.49. The highest BCUT2D eigenvalue weighted by Gasteiger charge is 2.01. The van der Waals surface area contributed by atoms with Crippen LogP contribution in [0.15, 0.2) is 49.1 Å². The second kappa shape index (κ2) is 3.54. The summed E-state index contributed by atoms with van der Waals surface area (Å²) in [5, 5.41) is 11.8. The van der Waals surface area contributed by atoms with Gasteiger partial charge < -0.3 is 5.11 Å². The van der Waals surface area contributed by atoms with Gasteiger partial charge in [0.25, 0.3) is 0 Å². The zero-order valence-corrected chi connectivity index (χ0v) is 7.90. The van der Waals surface area contributed by atoms with Gasteiger partial charge in [-0.25, -0.2) is 0 Å². The summed E-state index contributed by atoms with van der Waals surface area (Å²) in [6.45, 7) is 3.71. The first kappa shape index (κ1) is 8.82. The van der Waals surface area contributed by atoms with Gasteiger partial charge in [0.2, 0.25) is 0 Å². The van der Waals surface area contributed by atoms with Gasteiger partial charge in [0.15, 0.2) is 0 Å². The number of phenols is 1. The van der Waals surface area contributed by atoms with Gasteiger partial charge in [-0.15, -0.1) is 6.58 Å². The van der Waals surface area contributed by atoms with Crippen LogP contribution in [0.4, 0.5) is 0 Å². The Hall–Kier alpha value is -1.76. The number of hydrogen-bond acceptors (Lipinski definition) is 1. The van der Waals surface area contributed by atoms with Crippen LogP contribution in [0.3, 0.4) is 0 Å². The van der Waals surface area contributed by atoms with Crippen molar-refractivity contribution >= 4 is 10.8 Å². The predicted molar refractivity (Wildman–Crippen MR) is 59.5 cm³/mol. The average Bonchev–Trinajstić information content (AvgIpc) is 2.18. The molecule has 2 rings (SSSR count). The summed E-state index contributed by atoms with van der Waals surface area (Å²) >= 11 is 0. The van der Waals surface area contributed by atoms with Gasteiger partial charge in [-0.05, 0) is 34.9 Å². The molecule has 0 heterocycles. The fraction of sp³-hybridized carbons (Fsp3) is 0.0769. The number of allylic oxidation sites excluding steroid dienone is 1. The molecule has 0 aromatic heterocycles. The van der Waals surface area contributed by atoms with Crippen LogP contribution in [0, 0.1) is 0 Å². The van der Waals surface area contributed by atoms with Crippen molar-refractivity contribution in [2.75, 3.05) is 0 Å². The van der Waals surface area contributed by atoms with Gasteiger partial charge in [-0.2, -0.15) is 0 Å². The number of phenolic OH excluding ortho intramolecular Hbond substituents is 1. The van der Waals surface area contributed by atoms with Crippen LogP contribution in [0.25, 0.3) is 10.8 Å². The maximum Gasteiger partial charge on any atom is 0.116 e. The van der Waals surface area contributed by atoms with Crippen LogP contribution < -0.4 is 0 Å². The fourth-order valence-corrected chi connectivity index (χ4v) is 1.70. The molecule has 2 aromatic rings. The molecule has 0 radical (unpaired) electrons. The minimum Gasteiger partial charge on any atom is -0.508 e. The monoisotopic (exact) mass is 184 g/mol. The number of rotatable bonds is 2. The molecular weight excluding hydrogens is 172 g/mol. The maximum atomic E-state index is 9.50. The van der Waals surface area contributed by atoms with Crippen LogP contribution in [0.5, 0.6) is 5.75 Å². The molecule has 70 valence electrons. The van der Waals surface area contributed by atoms with E-state index >= 15 is 0 Å². The van der Waals surface area contributed by atoms with Crippen LogP contribution in [0.2, 0.25) is 0 Å². The number of fused-ring (bicyclic) bond motifs is 1. The molecule has 1 N–H and O–H groups in total. The van der Waals surface area contributed by atoms with Crippen molar-refractivity contribution in [2.45, 2.75) is 6.42 Å². The van der Waals surface area contributed by atoms with E-state index in [9.17, 15) is 5.11 Å². The van der Waals surface area contributed by atoms with E-state index in [0.717, 1.165) is 17.4 Å². The Morgan fingerprint density at radius 3 is 2.79 bits per heavy atom. The van der Waals surface area contributed by atoms with E-state index in [-0.39, 0.29) is 0 Å². The normalized spacial score (nSPS) is 10.3. The Morgan fingerprint density at radius 2 is 2.00 bits per heavy atom. The van der Waals surface area contributed by atoms with E-state index in [1.165, 1.54) is 5.39 Å². The van der Waals surface area contributed by atoms with Gasteiger partial charge in [0.1, 0.15) is 5.75 Å². The molecule has 0 unspecified atom stereocenters. The molecule has 0 aliphatic rings. The van der Waals surface area contributed by atoms with Crippen LogP contribution in [0.1, 0.15) is 5.56 Å². The third-order valence-electron chi connectivity index (χ3n) is 2.30. The summed E-state index contributed by atoms with van der Waals surface area (Å²) in [6, 6.07) is 11.6. The Labute approximate surface area is 83.3 Å². The SMILES string of the molecule is C=CCc1cc(O)cc2ccccc12. The molecule has 0 bridgehead atoms. The molecule has 0 aliphatic carbocycles. The molecule has 14 heavy (non-hydrogen) atoms. The molecule has 0 spiro atoms. The lowest BCUT2D eigenvalue weighted by molar-refractivity contribution is 0.475. The zero-order valence-electron chi connectivity index (χ0n) is 7.90. The number of hydrogen-bond donors (Lipinski definition) is 1. The molecule has 1 heteroatoms. The molecule has 1 nitrogen and oxygen atoms in total. The van der Waals surface area contributed by atoms with Crippen molar-refractivity contribution in [3.8, 4) is 5.75 Å². The van der Waals surface area contributed by atoms with E-state index in [1.54, 1.807) is 12.1 Å². The summed E-state index contributed by atoms with van der Waals surface area (Å²) in [6.07, 6.45) is 2.64. The van der Waals surface area contributed by atoms with Crippen molar-refractivity contribution < 1.29 is 5.11 Å². The molecule has 0 saturated heterocycles. The summed E-state index contributed by atoms with van der Waals surface area (Å²) in [5.74, 6) is 0.320. The van der Waals surface area contributed by atoms with Crippen LogP contribution in [-0.2, 0) is 6.42 Å². The van der Waals surface area contributed by atoms with Crippen molar-refractivity contribution in [1.29, 1.82) is 0 Å². The molecule has 0 aliphatic heterocycles. The molecule has 0 atom stereocenters. The molecular formula is C13H12O. The second-order valence-corrected chi connectivity index (χ2v) is 3.32. The molecule has 0 saturated carbocycles. The average molecular weight is 184 g/mol. The summed E-state index contributed by atoms with van der Waals surface area (Å²) in [5.41, 5.74) is 1.12. The standard InChI is InChI=1S/C13H12O/c1-2-5-10-8-12(14)9-11-6-3-4-7-13(10)11/h2-4,6-9,14H,1,5H2. The van der Waals surface area contributed by atoms with Crippen molar-refractivity contribution in [2.24, 2.45) is 0 Å². The first-order valence-corrected chi connectivity index (χ1v) is 4.63. The Balaban J connectivity index is 2.73. The number of aromatic hydroxyl groups is 1. The summed E-state index contributed by atoms with van der Waals surface area (Å²) < 4.78 is 0. The van der Waals surface area contributed by atoms with E-state index < -0.39 is 0 Å². The van der Waals surface area contributed by atoms with Gasteiger partial charge in [0.05, 0.1) is 0 Å². The Bertz CT molecular complexity index is 472. The highest BCUT2D eigenvalue weighted by molar-refractivity contribution is 5.87. The van der Waals surface area contributed by atoms with Gasteiger partial charge in [-0.3, -0.25) is 0 Å². The number of benzene rings is 2. The third-order valence-corrected chi connectivity index (χ3v) is 2.30. The largest absolute Gasteiger partial charge is 0.508 e. The van der Waals surface area contributed by atoms with E-state index in [1.807, 2.05) is 24.3 Å². The zero-order chi connectivity index (χ0) is 9.97. The minimum absolute atomic E-state index is 0.320. The molecule has 0 amide bonds. The molecule has 2 aromatic carbocycles. The minimum atomic E-state index is 0.320. The lowest BCUT2D eigenvalue weighted by Gasteiger charge is -2.05. The fourth-order valence-electron chi connectivity index (χ4n) is 1.70. The quantitative estimate of drug-likeness (QED) is 0.710. The maximum absolute atomic E-state index is 9.50. The van der Waals surface area contributed by atoms with Crippen molar-refractivity contribution in [1.82, 2.24) is 0 Å². The van der Waals surface area contributed by atoms with Crippen LogP contribution in [-0.4, -0.2) is 5.11 Å². The summed E-state index contributed by atoms with van der Waals surface area (Å²) in [7, 11) is 0. The summed E-state index contributed by atoms with van der Waals surface area (Å²) in [4.78, 5) is 0. The van der Waals surface area contributed by atoms with Gasteiger partial charge >= 0.3 is 0 Å². The second-order valence-electron chi connectivity index (χ2n) is 3.32. The van der Waals surface area contributed by atoms with E-state index in [4.69, 9.17) is 0 Å². The highest BCUT2D eigenvalue weighted by atomic mass is 16.3. The topological polar surface area (TPSA) is 20.2 Å². The first-order valence-electron chi connectivity index (χ1n) is 4.63. The Morgan fingerprint density at radius 1 is 1.21 bits per heavy atom. The lowest BCUT2D eigenvalue weighted by atomic mass is 10.0. The Kier molecular flexibility index (Phi) is 2.23. The van der Waals surface area contributed by atoms with Crippen molar-refractivity contribution in [3.05, 3.63) is 54.6 Å². The predicted octanol–water partition coefficient (Wildman–Crippen LogP) is 3.27. The van der Waals surface area contributed by atoms with E-state index in [2.05, 4.69) is 12.6 Å². The van der Waals surface area contributed by atoms with Crippen molar-refractivity contribution in [3.63, 3.8) is 0 Å². The first-order chi connectivity index (χ1) is 6.81. The van der Waals surface area contributed by atoms with Gasteiger partial charge in [0, 0.05) is 0 Å². The van der Waals surface area contributed by atoms with Crippen LogP contribution >= 0.6 is 0 Å². The highest BCUT2D eigenvalue weighted by Crippen LogP contribution is 2.24. The lowest BCUT2D eigenvalue weighted by Crippen LogP contribution is -1.84.